The number of rotatable bonds is 0. The van der Waals surface area contributed by atoms with Crippen LogP contribution in [0, 0.1) is 5.82 Å². The molecule has 0 bridgehead atoms. The number of aromatic nitrogens is 1. The number of fused-ring (bicyclic) bond motifs is 1. The minimum Gasteiger partial charge on any atom is -0.310 e. The summed E-state index contributed by atoms with van der Waals surface area (Å²) < 4.78 is 13.0. The number of hydrogen-bond acceptors (Lipinski definition) is 2. The molecule has 1 aromatic heterocycles. The van der Waals surface area contributed by atoms with Crippen molar-refractivity contribution in [3.05, 3.63) is 22.6 Å². The molecule has 1 aromatic rings. The molecule has 3 nitrogen and oxygen atoms in total. The summed E-state index contributed by atoms with van der Waals surface area (Å²) in [6, 6.07) is 1.10. The number of hydrogen-bond donors (Lipinski definition) is 1. The van der Waals surface area contributed by atoms with Crippen LogP contribution in [-0.4, -0.2) is 10.9 Å². The van der Waals surface area contributed by atoms with Crippen molar-refractivity contribution in [3.63, 3.8) is 0 Å². The van der Waals surface area contributed by atoms with Gasteiger partial charge < -0.3 is 5.32 Å². The van der Waals surface area contributed by atoms with E-state index in [1.807, 2.05) is 0 Å². The van der Waals surface area contributed by atoms with Gasteiger partial charge in [-0.3, -0.25) is 4.79 Å². The van der Waals surface area contributed by atoms with Crippen LogP contribution in [0.15, 0.2) is 6.07 Å². The van der Waals surface area contributed by atoms with Crippen LogP contribution in [-0.2, 0) is 11.2 Å². The van der Waals surface area contributed by atoms with Crippen molar-refractivity contribution in [2.45, 2.75) is 6.42 Å². The fourth-order valence-corrected chi connectivity index (χ4v) is 1.30. The van der Waals surface area contributed by atoms with E-state index in [1.165, 1.54) is 0 Å². The highest BCUT2D eigenvalue weighted by Gasteiger charge is 2.23. The van der Waals surface area contributed by atoms with Gasteiger partial charge in [0.1, 0.15) is 16.8 Å². The molecule has 0 radical (unpaired) electrons. The summed E-state index contributed by atoms with van der Waals surface area (Å²) in [7, 11) is 0. The van der Waals surface area contributed by atoms with Gasteiger partial charge in [0.2, 0.25) is 5.91 Å². The highest BCUT2D eigenvalue weighted by Crippen LogP contribution is 2.25. The molecule has 1 aliphatic heterocycles. The number of anilines is 1. The van der Waals surface area contributed by atoms with E-state index in [1.54, 1.807) is 0 Å². The van der Waals surface area contributed by atoms with Crippen LogP contribution in [0.4, 0.5) is 10.2 Å². The third kappa shape index (κ3) is 1.04. The molecule has 1 amide bonds. The third-order valence-electron chi connectivity index (χ3n) is 1.63. The maximum atomic E-state index is 13.0. The largest absolute Gasteiger partial charge is 0.310 e. The maximum Gasteiger partial charge on any atom is 0.230 e. The Morgan fingerprint density at radius 1 is 1.67 bits per heavy atom. The minimum atomic E-state index is -0.483. The van der Waals surface area contributed by atoms with E-state index in [-0.39, 0.29) is 23.3 Å². The van der Waals surface area contributed by atoms with Crippen molar-refractivity contribution < 1.29 is 9.18 Å². The van der Waals surface area contributed by atoms with Crippen molar-refractivity contribution >= 4 is 23.3 Å². The molecular formula is C7H4ClFN2O. The molecule has 0 saturated heterocycles. The van der Waals surface area contributed by atoms with Gasteiger partial charge in [0, 0.05) is 11.6 Å². The Labute approximate surface area is 72.6 Å². The summed E-state index contributed by atoms with van der Waals surface area (Å²) in [4.78, 5) is 14.6. The molecule has 0 aliphatic carbocycles. The monoisotopic (exact) mass is 186 g/mol. The van der Waals surface area contributed by atoms with Gasteiger partial charge in [-0.2, -0.15) is 0 Å². The molecule has 2 rings (SSSR count). The highest BCUT2D eigenvalue weighted by atomic mass is 35.5. The lowest BCUT2D eigenvalue weighted by molar-refractivity contribution is -0.115. The van der Waals surface area contributed by atoms with Gasteiger partial charge in [-0.15, -0.1) is 0 Å². The van der Waals surface area contributed by atoms with Crippen molar-refractivity contribution in [3.8, 4) is 0 Å². The molecule has 62 valence electrons. The zero-order valence-corrected chi connectivity index (χ0v) is 6.65. The molecule has 5 heteroatoms. The first-order chi connectivity index (χ1) is 5.66. The second-order valence-electron chi connectivity index (χ2n) is 2.48. The van der Waals surface area contributed by atoms with Crippen LogP contribution in [0.3, 0.4) is 0 Å². The average molecular weight is 187 g/mol. The first-order valence-electron chi connectivity index (χ1n) is 3.31. The van der Waals surface area contributed by atoms with E-state index in [9.17, 15) is 9.18 Å². The zero-order valence-electron chi connectivity index (χ0n) is 5.90. The Hall–Kier alpha value is -1.16. The number of nitrogens with one attached hydrogen (secondary N) is 1. The predicted molar refractivity (Wildman–Crippen MR) is 41.5 cm³/mol. The summed E-state index contributed by atoms with van der Waals surface area (Å²) in [6.07, 6.45) is 0.0470. The molecule has 12 heavy (non-hydrogen) atoms. The number of carbonyl (C=O) groups is 1. The lowest BCUT2D eigenvalue weighted by Crippen LogP contribution is -2.04. The normalized spacial score (nSPS) is 14.3. The molecule has 1 aliphatic rings. The Morgan fingerprint density at radius 2 is 2.42 bits per heavy atom. The molecule has 0 fully saturated rings. The Bertz CT molecular complexity index is 367. The summed E-state index contributed by atoms with van der Waals surface area (Å²) in [5, 5.41) is 2.45. The number of amides is 1. The number of carbonyl (C=O) groups excluding carboxylic acids is 1. The minimum absolute atomic E-state index is 0.0470. The molecule has 0 atom stereocenters. The van der Waals surface area contributed by atoms with Crippen LogP contribution in [0.25, 0.3) is 0 Å². The Morgan fingerprint density at radius 3 is 3.17 bits per heavy atom. The topological polar surface area (TPSA) is 42.0 Å². The lowest BCUT2D eigenvalue weighted by atomic mass is 10.2. The SMILES string of the molecule is O=C1Cc2c(F)cc(Cl)nc2N1. The second kappa shape index (κ2) is 2.42. The van der Waals surface area contributed by atoms with E-state index in [4.69, 9.17) is 11.6 Å². The molecule has 2 heterocycles. The third-order valence-corrected chi connectivity index (χ3v) is 1.83. The van der Waals surface area contributed by atoms with Gasteiger partial charge in [0.05, 0.1) is 6.42 Å². The van der Waals surface area contributed by atoms with E-state index >= 15 is 0 Å². The second-order valence-corrected chi connectivity index (χ2v) is 2.87. The molecule has 0 saturated carbocycles. The molecular weight excluding hydrogens is 183 g/mol. The van der Waals surface area contributed by atoms with Crippen LogP contribution in [0.2, 0.25) is 5.15 Å². The fourth-order valence-electron chi connectivity index (χ4n) is 1.12. The van der Waals surface area contributed by atoms with Gasteiger partial charge in [-0.1, -0.05) is 11.6 Å². The summed E-state index contributed by atoms with van der Waals surface area (Å²) in [6.45, 7) is 0. The molecule has 0 aromatic carbocycles. The summed E-state index contributed by atoms with van der Waals surface area (Å²) >= 11 is 5.47. The number of halogens is 2. The molecule has 0 unspecified atom stereocenters. The lowest BCUT2D eigenvalue weighted by Gasteiger charge is -1.98. The summed E-state index contributed by atoms with van der Waals surface area (Å²) in [5.74, 6) is -0.494. The Balaban J connectivity index is 2.59. The van der Waals surface area contributed by atoms with E-state index in [2.05, 4.69) is 10.3 Å². The van der Waals surface area contributed by atoms with Crippen molar-refractivity contribution in [2.75, 3.05) is 5.32 Å². The standard InChI is InChI=1S/C7H4ClFN2O/c8-5-2-4(9)3-1-6(12)11-7(3)10-5/h2H,1H2,(H,10,11,12). The van der Waals surface area contributed by atoms with Crippen LogP contribution in [0.5, 0.6) is 0 Å². The quantitative estimate of drug-likeness (QED) is 0.622. The molecule has 1 N–H and O–H groups in total. The van der Waals surface area contributed by atoms with Gasteiger partial charge in [0.15, 0.2) is 0 Å². The fraction of sp³-hybridized carbons (Fsp3) is 0.143. The van der Waals surface area contributed by atoms with Gasteiger partial charge in [-0.25, -0.2) is 9.37 Å². The smallest absolute Gasteiger partial charge is 0.230 e. The maximum absolute atomic E-state index is 13.0. The molecule has 0 spiro atoms. The van der Waals surface area contributed by atoms with Gasteiger partial charge in [0.25, 0.3) is 0 Å². The van der Waals surface area contributed by atoms with Crippen LogP contribution in [0.1, 0.15) is 5.56 Å². The number of nitrogens with zero attached hydrogens (tertiary/aromatic N) is 1. The zero-order chi connectivity index (χ0) is 8.72. The van der Waals surface area contributed by atoms with Crippen LogP contribution >= 0.6 is 11.6 Å². The van der Waals surface area contributed by atoms with E-state index < -0.39 is 5.82 Å². The van der Waals surface area contributed by atoms with Crippen molar-refractivity contribution in [1.29, 1.82) is 0 Å². The predicted octanol–water partition coefficient (Wildman–Crippen LogP) is 1.37. The van der Waals surface area contributed by atoms with Crippen LogP contribution < -0.4 is 5.32 Å². The average Bonchev–Trinajstić information content (AvgIpc) is 2.29. The van der Waals surface area contributed by atoms with E-state index in [0.29, 0.717) is 5.56 Å². The van der Waals surface area contributed by atoms with E-state index in [0.717, 1.165) is 6.07 Å². The summed E-state index contributed by atoms with van der Waals surface area (Å²) in [5.41, 5.74) is 0.296. The van der Waals surface area contributed by atoms with Crippen molar-refractivity contribution in [1.82, 2.24) is 4.98 Å². The Kier molecular flexibility index (Phi) is 1.51. The first kappa shape index (κ1) is 7.49. The number of pyridine rings is 1. The van der Waals surface area contributed by atoms with Gasteiger partial charge in [-0.05, 0) is 0 Å². The van der Waals surface area contributed by atoms with Crippen molar-refractivity contribution in [2.24, 2.45) is 0 Å². The highest BCUT2D eigenvalue weighted by molar-refractivity contribution is 6.29. The first-order valence-corrected chi connectivity index (χ1v) is 3.69. The van der Waals surface area contributed by atoms with Gasteiger partial charge >= 0.3 is 0 Å².